The summed E-state index contributed by atoms with van der Waals surface area (Å²) >= 11 is 0. The highest BCUT2D eigenvalue weighted by Crippen LogP contribution is 2.29. The van der Waals surface area contributed by atoms with Crippen LogP contribution in [-0.4, -0.2) is 31.1 Å². The number of carbonyl (C=O) groups excluding carboxylic acids is 1. The number of rotatable bonds is 3. The molecule has 0 bridgehead atoms. The molecule has 0 aliphatic carbocycles. The number of nitrogens with one attached hydrogen (secondary N) is 1. The monoisotopic (exact) mass is 364 g/mol. The van der Waals surface area contributed by atoms with E-state index in [1.54, 1.807) is 30.5 Å². The van der Waals surface area contributed by atoms with Gasteiger partial charge in [-0.1, -0.05) is 39.0 Å². The number of anilines is 1. The maximum Gasteiger partial charge on any atom is 0.278 e. The molecule has 0 radical (unpaired) electrons. The van der Waals surface area contributed by atoms with Crippen LogP contribution in [0.5, 0.6) is 11.6 Å². The number of aromatic hydroxyl groups is 2. The minimum atomic E-state index is -0.681. The van der Waals surface area contributed by atoms with Crippen LogP contribution < -0.4 is 5.32 Å². The van der Waals surface area contributed by atoms with Crippen LogP contribution in [-0.2, 0) is 5.41 Å². The number of aromatic nitrogens is 3. The van der Waals surface area contributed by atoms with Crippen molar-refractivity contribution >= 4 is 11.6 Å². The van der Waals surface area contributed by atoms with Crippen LogP contribution in [0, 0.1) is 0 Å². The quantitative estimate of drug-likeness (QED) is 0.656. The molecule has 0 spiro atoms. The summed E-state index contributed by atoms with van der Waals surface area (Å²) < 4.78 is 0. The number of hydrogen-bond donors (Lipinski definition) is 3. The molecule has 27 heavy (non-hydrogen) atoms. The molecule has 7 heteroatoms. The fraction of sp³-hybridized carbons (Fsp3) is 0.200. The maximum absolute atomic E-state index is 12.6. The topological polar surface area (TPSA) is 108 Å². The van der Waals surface area contributed by atoms with Gasteiger partial charge in [-0.3, -0.25) is 9.78 Å². The van der Waals surface area contributed by atoms with Gasteiger partial charge in [0.25, 0.3) is 11.8 Å². The van der Waals surface area contributed by atoms with Crippen molar-refractivity contribution in [1.29, 1.82) is 0 Å². The van der Waals surface area contributed by atoms with Crippen molar-refractivity contribution in [2.75, 3.05) is 5.32 Å². The fourth-order valence-electron chi connectivity index (χ4n) is 2.46. The van der Waals surface area contributed by atoms with Gasteiger partial charge in [-0.25, -0.2) is 4.98 Å². The van der Waals surface area contributed by atoms with Gasteiger partial charge < -0.3 is 15.5 Å². The Bertz CT molecular complexity index is 982. The molecule has 3 aromatic rings. The second-order valence-corrected chi connectivity index (χ2v) is 7.07. The highest BCUT2D eigenvalue weighted by atomic mass is 16.3. The molecule has 2 aromatic heterocycles. The molecule has 0 saturated heterocycles. The third-order valence-corrected chi connectivity index (χ3v) is 3.96. The van der Waals surface area contributed by atoms with E-state index < -0.39 is 17.5 Å². The molecule has 1 amide bonds. The smallest absolute Gasteiger partial charge is 0.278 e. The largest absolute Gasteiger partial charge is 0.501 e. The van der Waals surface area contributed by atoms with Gasteiger partial charge in [0.1, 0.15) is 5.69 Å². The first-order chi connectivity index (χ1) is 12.8. The van der Waals surface area contributed by atoms with Crippen LogP contribution in [0.15, 0.2) is 48.7 Å². The lowest BCUT2D eigenvalue weighted by Gasteiger charge is -2.19. The van der Waals surface area contributed by atoms with Gasteiger partial charge in [0.15, 0.2) is 11.5 Å². The van der Waals surface area contributed by atoms with Gasteiger partial charge in [0.2, 0.25) is 5.75 Å². The zero-order valence-corrected chi connectivity index (χ0v) is 15.3. The normalized spacial score (nSPS) is 11.2. The summed E-state index contributed by atoms with van der Waals surface area (Å²) in [6.07, 6.45) is 1.54. The van der Waals surface area contributed by atoms with Gasteiger partial charge in [-0.2, -0.15) is 4.98 Å². The number of pyridine rings is 1. The van der Waals surface area contributed by atoms with E-state index in [-0.39, 0.29) is 16.9 Å². The third kappa shape index (κ3) is 4.03. The van der Waals surface area contributed by atoms with Gasteiger partial charge in [-0.05, 0) is 35.2 Å². The van der Waals surface area contributed by atoms with E-state index >= 15 is 0 Å². The number of amides is 1. The summed E-state index contributed by atoms with van der Waals surface area (Å²) in [5.74, 6) is -1.98. The van der Waals surface area contributed by atoms with E-state index in [1.807, 2.05) is 18.2 Å². The first kappa shape index (κ1) is 18.3. The Morgan fingerprint density at radius 3 is 2.48 bits per heavy atom. The van der Waals surface area contributed by atoms with E-state index in [1.165, 1.54) is 0 Å². The molecular formula is C20H20N4O3. The Morgan fingerprint density at radius 2 is 1.81 bits per heavy atom. The van der Waals surface area contributed by atoms with Gasteiger partial charge >= 0.3 is 0 Å². The Morgan fingerprint density at radius 1 is 1.04 bits per heavy atom. The van der Waals surface area contributed by atoms with Crippen molar-refractivity contribution in [1.82, 2.24) is 15.0 Å². The van der Waals surface area contributed by atoms with E-state index in [0.717, 1.165) is 5.56 Å². The van der Waals surface area contributed by atoms with E-state index in [2.05, 4.69) is 41.0 Å². The van der Waals surface area contributed by atoms with Crippen molar-refractivity contribution in [3.63, 3.8) is 0 Å². The van der Waals surface area contributed by atoms with Gasteiger partial charge in [-0.15, -0.1) is 0 Å². The molecule has 0 unspecified atom stereocenters. The number of benzene rings is 1. The maximum atomic E-state index is 12.6. The van der Waals surface area contributed by atoms with Crippen LogP contribution in [0.1, 0.15) is 36.8 Å². The van der Waals surface area contributed by atoms with Crippen molar-refractivity contribution < 1.29 is 15.0 Å². The number of hydrogen-bond acceptors (Lipinski definition) is 6. The number of nitrogens with zero attached hydrogens (tertiary/aromatic N) is 3. The summed E-state index contributed by atoms with van der Waals surface area (Å²) in [6, 6.07) is 12.5. The minimum absolute atomic E-state index is 0.0412. The zero-order valence-electron chi connectivity index (χ0n) is 15.3. The molecule has 138 valence electrons. The molecule has 7 nitrogen and oxygen atoms in total. The Labute approximate surface area is 156 Å². The highest BCUT2D eigenvalue weighted by molar-refractivity contribution is 6.05. The highest BCUT2D eigenvalue weighted by Gasteiger charge is 2.21. The second-order valence-electron chi connectivity index (χ2n) is 7.07. The predicted molar refractivity (Wildman–Crippen MR) is 102 cm³/mol. The van der Waals surface area contributed by atoms with Crippen molar-refractivity contribution in [2.24, 2.45) is 0 Å². The molecule has 0 saturated carbocycles. The SMILES string of the molecule is CC(C)(C)c1cccc(NC(=O)c2nc(-c3ccccn3)nc(O)c2O)c1. The lowest BCUT2D eigenvalue weighted by atomic mass is 9.87. The van der Waals surface area contributed by atoms with Crippen molar-refractivity contribution in [3.05, 3.63) is 59.9 Å². The predicted octanol–water partition coefficient (Wildman–Crippen LogP) is 3.50. The lowest BCUT2D eigenvalue weighted by molar-refractivity contribution is 0.101. The first-order valence-corrected chi connectivity index (χ1v) is 8.39. The molecule has 2 heterocycles. The van der Waals surface area contributed by atoms with E-state index in [4.69, 9.17) is 0 Å². The Kier molecular flexibility index (Phi) is 4.77. The molecule has 0 atom stereocenters. The van der Waals surface area contributed by atoms with Crippen LogP contribution in [0.25, 0.3) is 11.5 Å². The molecule has 3 rings (SSSR count). The molecule has 0 fully saturated rings. The molecule has 0 aliphatic rings. The summed E-state index contributed by atoms with van der Waals surface area (Å²) in [5, 5.41) is 22.6. The summed E-state index contributed by atoms with van der Waals surface area (Å²) in [4.78, 5) is 24.6. The standard InChI is InChI=1S/C20H20N4O3/c1-20(2,3)12-7-6-8-13(11-12)22-18(26)15-16(25)19(27)24-17(23-15)14-9-4-5-10-21-14/h4-11,25H,1-3H3,(H,22,26)(H,23,24,27). The molecule has 3 N–H and O–H groups in total. The second kappa shape index (κ2) is 7.03. The Balaban J connectivity index is 1.94. The van der Waals surface area contributed by atoms with Gasteiger partial charge in [0.05, 0.1) is 0 Å². The lowest BCUT2D eigenvalue weighted by Crippen LogP contribution is -2.16. The fourth-order valence-corrected chi connectivity index (χ4v) is 2.46. The van der Waals surface area contributed by atoms with Crippen LogP contribution in [0.4, 0.5) is 5.69 Å². The molecule has 1 aromatic carbocycles. The average molecular weight is 364 g/mol. The first-order valence-electron chi connectivity index (χ1n) is 8.39. The Hall–Kier alpha value is -3.48. The zero-order chi connectivity index (χ0) is 19.6. The van der Waals surface area contributed by atoms with E-state index in [9.17, 15) is 15.0 Å². The summed E-state index contributed by atoms with van der Waals surface area (Å²) in [7, 11) is 0. The van der Waals surface area contributed by atoms with Crippen molar-refractivity contribution in [3.8, 4) is 23.1 Å². The number of carbonyl (C=O) groups is 1. The van der Waals surface area contributed by atoms with Crippen LogP contribution in [0.3, 0.4) is 0 Å². The summed E-state index contributed by atoms with van der Waals surface area (Å²) in [5.41, 5.74) is 1.57. The average Bonchev–Trinajstić information content (AvgIpc) is 2.64. The minimum Gasteiger partial charge on any atom is -0.501 e. The van der Waals surface area contributed by atoms with Gasteiger partial charge in [0, 0.05) is 11.9 Å². The summed E-state index contributed by atoms with van der Waals surface area (Å²) in [6.45, 7) is 6.21. The van der Waals surface area contributed by atoms with E-state index in [0.29, 0.717) is 11.4 Å². The third-order valence-electron chi connectivity index (χ3n) is 3.96. The molecular weight excluding hydrogens is 344 g/mol. The van der Waals surface area contributed by atoms with Crippen LogP contribution >= 0.6 is 0 Å². The van der Waals surface area contributed by atoms with Crippen molar-refractivity contribution in [2.45, 2.75) is 26.2 Å². The van der Waals surface area contributed by atoms with Crippen LogP contribution in [0.2, 0.25) is 0 Å². The molecule has 0 aliphatic heterocycles.